The van der Waals surface area contributed by atoms with E-state index >= 15 is 0 Å². The molecule has 0 fully saturated rings. The van der Waals surface area contributed by atoms with Crippen LogP contribution in [0, 0.1) is 31.5 Å². The quantitative estimate of drug-likeness (QED) is 0.473. The molecule has 1 heteroatoms. The molecule has 0 bridgehead atoms. The van der Waals surface area contributed by atoms with Crippen LogP contribution in [-0.4, -0.2) is 18.4 Å². The van der Waals surface area contributed by atoms with Crippen LogP contribution in [0.15, 0.2) is 0 Å². The number of rotatable bonds is 0. The Morgan fingerprint density at radius 3 is 1.31 bits per heavy atom. The topological polar surface area (TPSA) is 0 Å². The van der Waals surface area contributed by atoms with Crippen LogP contribution in [0.5, 0.6) is 0 Å². The fourth-order valence-electron chi connectivity index (χ4n) is 0.681. The SMILES string of the molecule is CC(C)C#[C][Sn]([CH3])([CH3])[C]#CC(C)C. The van der Waals surface area contributed by atoms with Gasteiger partial charge in [-0.3, -0.25) is 0 Å². The third kappa shape index (κ3) is 8.25. The summed E-state index contributed by atoms with van der Waals surface area (Å²) in [5.74, 6) is 7.47. The zero-order valence-electron chi connectivity index (χ0n) is 9.65. The van der Waals surface area contributed by atoms with E-state index in [2.05, 4.69) is 57.3 Å². The summed E-state index contributed by atoms with van der Waals surface area (Å²) in [5, 5.41) is 0. The summed E-state index contributed by atoms with van der Waals surface area (Å²) < 4.78 is 6.80. The zero-order valence-corrected chi connectivity index (χ0v) is 12.5. The summed E-state index contributed by atoms with van der Waals surface area (Å²) in [6, 6.07) is 0. The van der Waals surface area contributed by atoms with Gasteiger partial charge in [0.1, 0.15) is 0 Å². The van der Waals surface area contributed by atoms with Crippen LogP contribution in [0.1, 0.15) is 27.7 Å². The van der Waals surface area contributed by atoms with Crippen LogP contribution in [0.2, 0.25) is 9.88 Å². The van der Waals surface area contributed by atoms with Gasteiger partial charge >= 0.3 is 87.5 Å². The second-order valence-electron chi connectivity index (χ2n) is 4.47. The first-order valence-electron chi connectivity index (χ1n) is 4.89. The van der Waals surface area contributed by atoms with Crippen LogP contribution in [0.25, 0.3) is 0 Å². The molecule has 0 radical (unpaired) electrons. The first-order chi connectivity index (χ1) is 5.83. The van der Waals surface area contributed by atoms with Crippen LogP contribution in [-0.2, 0) is 0 Å². The Hall–Kier alpha value is -0.0813. The Morgan fingerprint density at radius 1 is 0.769 bits per heavy atom. The molecule has 0 rings (SSSR count). The first-order valence-corrected chi connectivity index (χ1v) is 13.4. The molecule has 0 nitrogen and oxygen atoms in total. The van der Waals surface area contributed by atoms with Crippen molar-refractivity contribution < 1.29 is 0 Å². The predicted molar refractivity (Wildman–Crippen MR) is 62.7 cm³/mol. The normalized spacial score (nSPS) is 10.5. The average Bonchev–Trinajstić information content (AvgIpc) is 1.98. The zero-order chi connectivity index (χ0) is 10.5. The van der Waals surface area contributed by atoms with E-state index in [4.69, 9.17) is 0 Å². The Bertz CT molecular complexity index is 235. The second-order valence-corrected chi connectivity index (χ2v) is 15.2. The second kappa shape index (κ2) is 5.61. The maximum atomic E-state index is 3.40. The molecule has 0 unspecified atom stereocenters. The fraction of sp³-hybridized carbons (Fsp3) is 0.667. The molecule has 0 aromatic carbocycles. The molecule has 0 aliphatic carbocycles. The van der Waals surface area contributed by atoms with E-state index in [9.17, 15) is 0 Å². The van der Waals surface area contributed by atoms with Gasteiger partial charge in [-0.1, -0.05) is 0 Å². The van der Waals surface area contributed by atoms with Crippen LogP contribution in [0.4, 0.5) is 0 Å². The average molecular weight is 283 g/mol. The molecule has 0 heterocycles. The number of hydrogen-bond acceptors (Lipinski definition) is 0. The maximum absolute atomic E-state index is 3.40. The van der Waals surface area contributed by atoms with E-state index < -0.39 is 18.4 Å². The molecule has 72 valence electrons. The van der Waals surface area contributed by atoms with Gasteiger partial charge in [-0.2, -0.15) is 0 Å². The minimum absolute atomic E-state index is 0.483. The van der Waals surface area contributed by atoms with Crippen molar-refractivity contribution in [2.75, 3.05) is 0 Å². The molecule has 0 spiro atoms. The van der Waals surface area contributed by atoms with Crippen molar-refractivity contribution in [2.24, 2.45) is 11.8 Å². The van der Waals surface area contributed by atoms with E-state index in [1.807, 2.05) is 0 Å². The molecule has 0 N–H and O–H groups in total. The van der Waals surface area contributed by atoms with Crippen molar-refractivity contribution in [3.05, 3.63) is 0 Å². The van der Waals surface area contributed by atoms with Crippen molar-refractivity contribution in [3.8, 4) is 19.7 Å². The molecule has 0 aromatic rings. The van der Waals surface area contributed by atoms with E-state index in [1.54, 1.807) is 0 Å². The Balaban J connectivity index is 4.46. The molecule has 0 atom stereocenters. The van der Waals surface area contributed by atoms with Gasteiger partial charge < -0.3 is 0 Å². The first kappa shape index (κ1) is 12.9. The molecule has 13 heavy (non-hydrogen) atoms. The summed E-state index contributed by atoms with van der Waals surface area (Å²) in [4.78, 5) is 4.55. The van der Waals surface area contributed by atoms with E-state index in [0.717, 1.165) is 0 Å². The summed E-state index contributed by atoms with van der Waals surface area (Å²) in [5.41, 5.74) is 0. The van der Waals surface area contributed by atoms with Crippen molar-refractivity contribution in [2.45, 2.75) is 37.6 Å². The molecule has 0 aliphatic rings. The molecular formula is C12H20Sn. The van der Waals surface area contributed by atoms with Crippen molar-refractivity contribution in [1.29, 1.82) is 0 Å². The minimum atomic E-state index is -2.26. The van der Waals surface area contributed by atoms with Gasteiger partial charge in [0.2, 0.25) is 0 Å². The summed E-state index contributed by atoms with van der Waals surface area (Å²) >= 11 is -2.26. The van der Waals surface area contributed by atoms with Crippen LogP contribution < -0.4 is 0 Å². The van der Waals surface area contributed by atoms with Gasteiger partial charge in [-0.25, -0.2) is 0 Å². The van der Waals surface area contributed by atoms with Gasteiger partial charge in [0.25, 0.3) is 0 Å². The third-order valence-corrected chi connectivity index (χ3v) is 5.74. The van der Waals surface area contributed by atoms with E-state index in [-0.39, 0.29) is 0 Å². The molecule has 0 saturated heterocycles. The fourth-order valence-corrected chi connectivity index (χ4v) is 4.57. The van der Waals surface area contributed by atoms with Crippen LogP contribution >= 0.6 is 0 Å². The van der Waals surface area contributed by atoms with Crippen molar-refractivity contribution in [1.82, 2.24) is 0 Å². The van der Waals surface area contributed by atoms with Gasteiger partial charge in [0.15, 0.2) is 0 Å². The van der Waals surface area contributed by atoms with Crippen molar-refractivity contribution in [3.63, 3.8) is 0 Å². The predicted octanol–water partition coefficient (Wildman–Crippen LogP) is 3.09. The van der Waals surface area contributed by atoms with E-state index in [0.29, 0.717) is 11.8 Å². The molecule has 0 saturated carbocycles. The molecule has 0 aromatic heterocycles. The molecular weight excluding hydrogens is 263 g/mol. The summed E-state index contributed by atoms with van der Waals surface area (Å²) in [7, 11) is 0. The van der Waals surface area contributed by atoms with Crippen LogP contribution in [0.3, 0.4) is 0 Å². The third-order valence-electron chi connectivity index (χ3n) is 1.35. The van der Waals surface area contributed by atoms with Gasteiger partial charge in [-0.15, -0.1) is 0 Å². The Morgan fingerprint density at radius 2 is 1.08 bits per heavy atom. The molecule has 0 aliphatic heterocycles. The standard InChI is InChI=1S/2C5H7.2CH3.Sn/c2*1-4-5(2)3;;;/h2*5H,2-3H3;2*1H3;. The Kier molecular flexibility index (Phi) is 5.57. The van der Waals surface area contributed by atoms with Gasteiger partial charge in [0, 0.05) is 0 Å². The van der Waals surface area contributed by atoms with E-state index in [1.165, 1.54) is 0 Å². The summed E-state index contributed by atoms with van der Waals surface area (Å²) in [6.45, 7) is 8.52. The monoisotopic (exact) mass is 284 g/mol. The van der Waals surface area contributed by atoms with Gasteiger partial charge in [-0.05, 0) is 0 Å². The van der Waals surface area contributed by atoms with Crippen molar-refractivity contribution >= 4 is 18.4 Å². The van der Waals surface area contributed by atoms with Gasteiger partial charge in [0.05, 0.1) is 0 Å². The summed E-state index contributed by atoms with van der Waals surface area (Å²) in [6.07, 6.45) is 0. The Labute approximate surface area is 87.4 Å². The molecule has 0 amide bonds. The number of hydrogen-bond donors (Lipinski definition) is 0.